The van der Waals surface area contributed by atoms with Crippen LogP contribution in [0.1, 0.15) is 41.5 Å². The lowest BCUT2D eigenvalue weighted by Crippen LogP contribution is -2.69. The summed E-state index contributed by atoms with van der Waals surface area (Å²) >= 11 is 0. The van der Waals surface area contributed by atoms with E-state index in [-0.39, 0.29) is 0 Å². The third kappa shape index (κ3) is 8.32. The number of hydrogen-bond donors (Lipinski definition) is 0. The fourth-order valence-electron chi connectivity index (χ4n) is 5.74. The number of rotatable bonds is 11. The summed E-state index contributed by atoms with van der Waals surface area (Å²) in [6.45, 7) is 12.9. The Balaban J connectivity index is 1.96. The molecule has 3 aromatic rings. The Morgan fingerprint density at radius 2 is 0.850 bits per heavy atom. The van der Waals surface area contributed by atoms with Gasteiger partial charge >= 0.3 is 20.5 Å². The van der Waals surface area contributed by atoms with Crippen molar-refractivity contribution in [2.75, 3.05) is 0 Å². The summed E-state index contributed by atoms with van der Waals surface area (Å²) in [6.07, 6.45) is -1.72. The molecule has 8 heteroatoms. The van der Waals surface area contributed by atoms with Crippen LogP contribution in [0.4, 0.5) is 9.59 Å². The van der Waals surface area contributed by atoms with Crippen LogP contribution >= 0.6 is 0 Å². The third-order valence-electron chi connectivity index (χ3n) is 6.64. The van der Waals surface area contributed by atoms with Gasteiger partial charge in [0.15, 0.2) is 0 Å². The van der Waals surface area contributed by atoms with Crippen LogP contribution < -0.4 is 15.6 Å². The van der Waals surface area contributed by atoms with Crippen molar-refractivity contribution in [2.45, 2.75) is 59.7 Å². The minimum Gasteiger partial charge on any atom is -0.501 e. The maximum atomic E-state index is 13.3. The maximum Gasteiger partial charge on any atom is 0.439 e. The molecule has 0 N–H and O–H groups in total. The molecule has 0 heterocycles. The summed E-state index contributed by atoms with van der Waals surface area (Å²) in [4.78, 5) is 26.4. The van der Waals surface area contributed by atoms with Gasteiger partial charge in [-0.1, -0.05) is 143 Å². The van der Waals surface area contributed by atoms with E-state index in [0.717, 1.165) is 33.7 Å². The minimum absolute atomic E-state index is 0.383. The van der Waals surface area contributed by atoms with Crippen LogP contribution in [0.15, 0.2) is 101 Å². The van der Waals surface area contributed by atoms with Gasteiger partial charge in [0.1, 0.15) is 0 Å². The van der Waals surface area contributed by atoms with Crippen LogP contribution in [-0.4, -0.2) is 28.8 Å². The molecule has 6 nitrogen and oxygen atoms in total. The van der Waals surface area contributed by atoms with Crippen LogP contribution in [-0.2, 0) is 8.85 Å². The zero-order valence-corrected chi connectivity index (χ0v) is 26.5. The topological polar surface area (TPSA) is 77.3 Å². The zero-order chi connectivity index (χ0) is 29.2. The van der Waals surface area contributed by atoms with Crippen molar-refractivity contribution in [1.29, 1.82) is 0 Å². The molecule has 0 aliphatic heterocycles. The average molecular weight is 575 g/mol. The van der Waals surface area contributed by atoms with E-state index in [4.69, 9.17) is 8.85 Å². The highest BCUT2D eigenvalue weighted by atomic mass is 28.4. The van der Waals surface area contributed by atoms with Crippen LogP contribution in [0.2, 0.25) is 18.1 Å². The lowest BCUT2D eigenvalue weighted by molar-refractivity contribution is 0.197. The summed E-state index contributed by atoms with van der Waals surface area (Å²) in [5, 5.41) is 10.2. The second-order valence-electron chi connectivity index (χ2n) is 11.7. The molecule has 0 aliphatic carbocycles. The first-order valence-corrected chi connectivity index (χ1v) is 18.5. The molecule has 0 saturated carbocycles. The van der Waals surface area contributed by atoms with Gasteiger partial charge in [-0.15, -0.1) is 0 Å². The zero-order valence-electron chi connectivity index (χ0n) is 24.5. The highest BCUT2D eigenvalue weighted by Gasteiger charge is 2.46. The lowest BCUT2D eigenvalue weighted by Gasteiger charge is -2.34. The van der Waals surface area contributed by atoms with Crippen LogP contribution in [0, 0.1) is 17.8 Å². The van der Waals surface area contributed by atoms with Crippen molar-refractivity contribution in [1.82, 2.24) is 0 Å². The van der Waals surface area contributed by atoms with Gasteiger partial charge in [0, 0.05) is 0 Å². The van der Waals surface area contributed by atoms with Gasteiger partial charge in [-0.2, -0.15) is 0 Å². The van der Waals surface area contributed by atoms with E-state index in [0.29, 0.717) is 17.8 Å². The first-order chi connectivity index (χ1) is 19.1. The van der Waals surface area contributed by atoms with Gasteiger partial charge in [0.05, 0.1) is 0 Å². The molecule has 0 fully saturated rings. The summed E-state index contributed by atoms with van der Waals surface area (Å²) < 4.78 is 12.5. The third-order valence-corrected chi connectivity index (χ3v) is 15.8. The van der Waals surface area contributed by atoms with Crippen LogP contribution in [0.5, 0.6) is 0 Å². The Labute approximate surface area is 241 Å². The van der Waals surface area contributed by atoms with E-state index in [1.165, 1.54) is 0 Å². The summed E-state index contributed by atoms with van der Waals surface area (Å²) in [7, 11) is -5.79. The molecule has 212 valence electrons. The molecule has 2 amide bonds. The Bertz CT molecular complexity index is 1130. The molecule has 3 rings (SSSR count). The van der Waals surface area contributed by atoms with E-state index < -0.39 is 28.8 Å². The Morgan fingerprint density at radius 3 is 1.15 bits per heavy atom. The molecule has 3 aromatic carbocycles. The normalized spacial score (nSPS) is 12.3. The average Bonchev–Trinajstić information content (AvgIpc) is 2.90. The SMILES string of the molecule is CC(C)C[Si](CC(C)C)(CC(C)C)OC(=O)/N=N/C(=O)O[Si](c1ccccc1)(c1ccccc1)c1ccccc1. The first-order valence-electron chi connectivity index (χ1n) is 14.1. The second-order valence-corrected chi connectivity index (χ2v) is 18.8. The van der Waals surface area contributed by atoms with Gasteiger partial charge in [-0.25, -0.2) is 9.59 Å². The maximum absolute atomic E-state index is 13.3. The number of nitrogens with zero attached hydrogens (tertiary/aromatic N) is 2. The largest absolute Gasteiger partial charge is 0.501 e. The molecular formula is C32H42N2O4Si2. The van der Waals surface area contributed by atoms with Crippen molar-refractivity contribution in [3.8, 4) is 0 Å². The number of carbonyl (C=O) groups is 2. The number of carbonyl (C=O) groups excluding carboxylic acids is 2. The number of hydrogen-bond acceptors (Lipinski definition) is 4. The van der Waals surface area contributed by atoms with Crippen LogP contribution in [0.3, 0.4) is 0 Å². The molecular weight excluding hydrogens is 533 g/mol. The quantitative estimate of drug-likeness (QED) is 0.137. The smallest absolute Gasteiger partial charge is 0.439 e. The van der Waals surface area contributed by atoms with Crippen LogP contribution in [0.25, 0.3) is 0 Å². The Kier molecular flexibility index (Phi) is 11.2. The van der Waals surface area contributed by atoms with Crippen molar-refractivity contribution < 1.29 is 18.4 Å². The molecule has 0 atom stereocenters. The van der Waals surface area contributed by atoms with E-state index in [2.05, 4.69) is 51.8 Å². The predicted octanol–water partition coefficient (Wildman–Crippen LogP) is 7.29. The second kappa shape index (κ2) is 14.3. The molecule has 0 aliphatic rings. The number of benzene rings is 3. The van der Waals surface area contributed by atoms with Gasteiger partial charge in [-0.05, 0) is 51.4 Å². The summed E-state index contributed by atoms with van der Waals surface area (Å²) in [5.41, 5.74) is 0. The molecule has 0 unspecified atom stereocenters. The monoisotopic (exact) mass is 574 g/mol. The van der Waals surface area contributed by atoms with E-state index in [9.17, 15) is 9.59 Å². The molecule has 0 aromatic heterocycles. The van der Waals surface area contributed by atoms with Crippen molar-refractivity contribution >= 4 is 44.4 Å². The van der Waals surface area contributed by atoms with Gasteiger partial charge in [-0.3, -0.25) is 0 Å². The fourth-order valence-corrected chi connectivity index (χ4v) is 15.0. The molecule has 0 spiro atoms. The molecule has 0 bridgehead atoms. The number of amides is 2. The lowest BCUT2D eigenvalue weighted by atomic mass is 10.2. The summed E-state index contributed by atoms with van der Waals surface area (Å²) in [6, 6.07) is 31.7. The highest BCUT2D eigenvalue weighted by molar-refractivity contribution is 7.07. The summed E-state index contributed by atoms with van der Waals surface area (Å²) in [5.74, 6) is 1.15. The van der Waals surface area contributed by atoms with Gasteiger partial charge in [0.2, 0.25) is 0 Å². The standard InChI is InChI=1S/C32H42N2O4Si2/c1-25(2)22-39(23-26(3)4,24-27(5)6)37-31(35)33-34-32(36)38-40(28-16-10-7-11-17-28,29-18-12-8-13-19-29)30-20-14-9-15-21-30/h7-21,25-27H,22-24H2,1-6H3/b34-33+. The predicted molar refractivity (Wildman–Crippen MR) is 166 cm³/mol. The van der Waals surface area contributed by atoms with Crippen molar-refractivity contribution in [3.63, 3.8) is 0 Å². The molecule has 40 heavy (non-hydrogen) atoms. The van der Waals surface area contributed by atoms with E-state index in [1.54, 1.807) is 0 Å². The van der Waals surface area contributed by atoms with Crippen molar-refractivity contribution in [3.05, 3.63) is 91.0 Å². The van der Waals surface area contributed by atoms with E-state index in [1.807, 2.05) is 91.0 Å². The minimum atomic E-state index is -3.32. The van der Waals surface area contributed by atoms with Gasteiger partial charge in [0.25, 0.3) is 8.32 Å². The highest BCUT2D eigenvalue weighted by Crippen LogP contribution is 2.33. The fraction of sp³-hybridized carbons (Fsp3) is 0.375. The number of azo groups is 1. The molecule has 0 radical (unpaired) electrons. The van der Waals surface area contributed by atoms with Gasteiger partial charge < -0.3 is 8.85 Å². The Morgan fingerprint density at radius 1 is 0.550 bits per heavy atom. The van der Waals surface area contributed by atoms with E-state index >= 15 is 0 Å². The Hall–Kier alpha value is -3.37. The first kappa shape index (κ1) is 31.2. The molecule has 0 saturated heterocycles. The van der Waals surface area contributed by atoms with Crippen molar-refractivity contribution in [2.24, 2.45) is 28.0 Å².